The van der Waals surface area contributed by atoms with E-state index < -0.39 is 0 Å². The molecule has 4 nitrogen and oxygen atoms in total. The van der Waals surface area contributed by atoms with Crippen molar-refractivity contribution in [2.24, 2.45) is 0 Å². The van der Waals surface area contributed by atoms with Crippen LogP contribution in [0.25, 0.3) is 66.5 Å². The van der Waals surface area contributed by atoms with Crippen molar-refractivity contribution in [2.45, 2.75) is 20.8 Å². The molecular formula is C40H29IrN3O-2. The van der Waals surface area contributed by atoms with E-state index in [1.54, 1.807) is 0 Å². The zero-order valence-electron chi connectivity index (χ0n) is 25.1. The summed E-state index contributed by atoms with van der Waals surface area (Å²) in [6.07, 6.45) is 3.72. The van der Waals surface area contributed by atoms with Crippen LogP contribution in [-0.4, -0.2) is 15.0 Å². The molecule has 0 fully saturated rings. The summed E-state index contributed by atoms with van der Waals surface area (Å²) >= 11 is 0. The number of aryl methyl sites for hydroxylation is 3. The van der Waals surface area contributed by atoms with Crippen molar-refractivity contribution in [1.29, 1.82) is 0 Å². The Bertz CT molecular complexity index is 2210. The summed E-state index contributed by atoms with van der Waals surface area (Å²) in [7, 11) is 0. The summed E-state index contributed by atoms with van der Waals surface area (Å²) in [4.78, 5) is 13.5. The van der Waals surface area contributed by atoms with Gasteiger partial charge >= 0.3 is 0 Å². The Kier molecular flexibility index (Phi) is 8.66. The number of rotatable bonds is 3. The third-order valence-electron chi connectivity index (χ3n) is 7.69. The van der Waals surface area contributed by atoms with E-state index in [9.17, 15) is 0 Å². The second kappa shape index (κ2) is 13.0. The SMILES string of the molecule is Cc1c[c-]c(-c2ccc(C)cn2)cc1.Cc1ccc2c(n1)oc1c(-c3cc(-c4ccc5ccccc5c4)ccn3)[c-]ccc12.[Ir]. The second-order valence-corrected chi connectivity index (χ2v) is 11.0. The van der Waals surface area contributed by atoms with Crippen LogP contribution in [-0.2, 0) is 20.1 Å². The predicted octanol–water partition coefficient (Wildman–Crippen LogP) is 10.1. The predicted molar refractivity (Wildman–Crippen MR) is 179 cm³/mol. The molecule has 8 rings (SSSR count). The zero-order valence-corrected chi connectivity index (χ0v) is 27.5. The fraction of sp³-hybridized carbons (Fsp3) is 0.0750. The Hall–Kier alpha value is -4.96. The minimum atomic E-state index is 0. The smallest absolute Gasteiger partial charge is 0.216 e. The Morgan fingerprint density at radius 3 is 2.27 bits per heavy atom. The maximum absolute atomic E-state index is 6.14. The van der Waals surface area contributed by atoms with E-state index in [-0.39, 0.29) is 20.1 Å². The summed E-state index contributed by atoms with van der Waals surface area (Å²) in [6, 6.07) is 43.8. The van der Waals surface area contributed by atoms with Crippen LogP contribution >= 0.6 is 0 Å². The van der Waals surface area contributed by atoms with Gasteiger partial charge in [0.05, 0.1) is 5.58 Å². The first-order valence-electron chi connectivity index (χ1n) is 14.6. The van der Waals surface area contributed by atoms with Crippen LogP contribution < -0.4 is 0 Å². The quantitative estimate of drug-likeness (QED) is 0.168. The number of furan rings is 1. The van der Waals surface area contributed by atoms with Crippen LogP contribution in [0.2, 0.25) is 0 Å². The normalized spacial score (nSPS) is 10.8. The molecule has 0 saturated carbocycles. The van der Waals surface area contributed by atoms with E-state index in [0.29, 0.717) is 5.71 Å². The number of fused-ring (bicyclic) bond motifs is 4. The Balaban J connectivity index is 0.000000201. The van der Waals surface area contributed by atoms with Gasteiger partial charge in [0.1, 0.15) is 0 Å². The molecule has 0 unspecified atom stereocenters. The van der Waals surface area contributed by atoms with Crippen LogP contribution in [0.15, 0.2) is 126 Å². The fourth-order valence-corrected chi connectivity index (χ4v) is 5.31. The monoisotopic (exact) mass is 760 g/mol. The summed E-state index contributed by atoms with van der Waals surface area (Å²) in [5, 5.41) is 4.50. The van der Waals surface area contributed by atoms with E-state index in [2.05, 4.69) is 101 Å². The third kappa shape index (κ3) is 6.32. The van der Waals surface area contributed by atoms with Crippen molar-refractivity contribution in [3.63, 3.8) is 0 Å². The zero-order chi connectivity index (χ0) is 30.0. The number of nitrogens with zero attached hydrogens (tertiary/aromatic N) is 3. The fourth-order valence-electron chi connectivity index (χ4n) is 5.31. The van der Waals surface area contributed by atoms with Crippen molar-refractivity contribution in [3.05, 3.63) is 151 Å². The summed E-state index contributed by atoms with van der Waals surface area (Å²) in [5.74, 6) is 0. The van der Waals surface area contributed by atoms with E-state index in [1.165, 1.54) is 21.9 Å². The molecule has 0 amide bonds. The molecule has 0 spiro atoms. The van der Waals surface area contributed by atoms with E-state index in [1.807, 2.05) is 68.7 Å². The topological polar surface area (TPSA) is 51.8 Å². The number of pyridine rings is 3. The van der Waals surface area contributed by atoms with E-state index in [0.717, 1.165) is 55.7 Å². The molecule has 45 heavy (non-hydrogen) atoms. The second-order valence-electron chi connectivity index (χ2n) is 11.0. The molecule has 221 valence electrons. The van der Waals surface area contributed by atoms with Gasteiger partial charge in [0.25, 0.3) is 0 Å². The molecule has 0 N–H and O–H groups in total. The number of benzene rings is 4. The van der Waals surface area contributed by atoms with Gasteiger partial charge in [-0.05, 0) is 77.0 Å². The summed E-state index contributed by atoms with van der Waals surface area (Å²) < 4.78 is 6.14. The largest absolute Gasteiger partial charge is 0.486 e. The molecule has 0 bridgehead atoms. The molecule has 0 aliphatic carbocycles. The Labute approximate surface area is 276 Å². The van der Waals surface area contributed by atoms with Gasteiger partial charge in [-0.15, -0.1) is 53.6 Å². The first-order chi connectivity index (χ1) is 21.5. The molecular weight excluding hydrogens is 731 g/mol. The van der Waals surface area contributed by atoms with E-state index in [4.69, 9.17) is 4.42 Å². The van der Waals surface area contributed by atoms with Crippen molar-refractivity contribution in [3.8, 4) is 33.6 Å². The maximum Gasteiger partial charge on any atom is 0.216 e. The van der Waals surface area contributed by atoms with Gasteiger partial charge in [-0.25, -0.2) is 4.98 Å². The first kappa shape index (κ1) is 30.1. The van der Waals surface area contributed by atoms with Crippen LogP contribution in [0.1, 0.15) is 16.8 Å². The van der Waals surface area contributed by atoms with Gasteiger partial charge in [0, 0.05) is 43.6 Å². The molecule has 4 heterocycles. The van der Waals surface area contributed by atoms with Gasteiger partial charge in [-0.2, -0.15) is 0 Å². The molecule has 0 saturated heterocycles. The van der Waals surface area contributed by atoms with Crippen molar-refractivity contribution in [1.82, 2.24) is 15.0 Å². The standard InChI is InChI=1S/C27H17N2O.C13H12N.Ir/c1-17-9-12-23-22-7-4-8-24(26(22)30-27(23)29-17)25-16-21(13-14-28-25)20-11-10-18-5-2-3-6-19(18)15-20;1-10-3-6-12(7-4-10)13-8-5-11(2)9-14-13;/h2-7,9-16H,1H3;3-6,8-9H,1-2H3;/q2*-1;. The number of hydrogen-bond donors (Lipinski definition) is 0. The van der Waals surface area contributed by atoms with E-state index >= 15 is 0 Å². The van der Waals surface area contributed by atoms with Crippen LogP contribution in [0.3, 0.4) is 0 Å². The van der Waals surface area contributed by atoms with Crippen molar-refractivity contribution in [2.75, 3.05) is 0 Å². The minimum Gasteiger partial charge on any atom is -0.486 e. The van der Waals surface area contributed by atoms with Gasteiger partial charge < -0.3 is 14.4 Å². The first-order valence-corrected chi connectivity index (χ1v) is 14.6. The molecule has 8 aromatic rings. The molecule has 4 aromatic carbocycles. The van der Waals surface area contributed by atoms with Crippen LogP contribution in [0.4, 0.5) is 0 Å². The van der Waals surface area contributed by atoms with Crippen molar-refractivity contribution < 1.29 is 24.5 Å². The molecule has 0 aliphatic heterocycles. The van der Waals surface area contributed by atoms with Gasteiger partial charge in [-0.1, -0.05) is 72.5 Å². The van der Waals surface area contributed by atoms with Gasteiger partial charge in [0.2, 0.25) is 5.71 Å². The van der Waals surface area contributed by atoms with Crippen LogP contribution in [0, 0.1) is 32.9 Å². The minimum absolute atomic E-state index is 0. The summed E-state index contributed by atoms with van der Waals surface area (Å²) in [6.45, 7) is 6.06. The summed E-state index contributed by atoms with van der Waals surface area (Å²) in [5.41, 5.74) is 10.8. The molecule has 4 aromatic heterocycles. The van der Waals surface area contributed by atoms with Crippen LogP contribution in [0.5, 0.6) is 0 Å². The Morgan fingerprint density at radius 2 is 1.47 bits per heavy atom. The third-order valence-corrected chi connectivity index (χ3v) is 7.69. The molecule has 0 aliphatic rings. The average molecular weight is 760 g/mol. The van der Waals surface area contributed by atoms with Gasteiger partial charge in [-0.3, -0.25) is 0 Å². The molecule has 0 atom stereocenters. The molecule has 5 heteroatoms. The average Bonchev–Trinajstić information content (AvgIpc) is 3.43. The molecule has 1 radical (unpaired) electrons. The maximum atomic E-state index is 6.14. The van der Waals surface area contributed by atoms with Gasteiger partial charge in [0.15, 0.2) is 0 Å². The van der Waals surface area contributed by atoms with Crippen molar-refractivity contribution >= 4 is 32.8 Å². The number of aromatic nitrogens is 3. The Morgan fingerprint density at radius 1 is 0.644 bits per heavy atom. The number of hydrogen-bond acceptors (Lipinski definition) is 4.